The Morgan fingerprint density at radius 3 is 2.43 bits per heavy atom. The normalized spacial score (nSPS) is 29.3. The van der Waals surface area contributed by atoms with Gasteiger partial charge in [0.1, 0.15) is 0 Å². The van der Waals surface area contributed by atoms with Gasteiger partial charge < -0.3 is 9.05 Å². The van der Waals surface area contributed by atoms with Crippen LogP contribution in [0.1, 0.15) is 40.0 Å². The second kappa shape index (κ2) is 7.09. The molecular formula is C17H27O3P. The Labute approximate surface area is 128 Å². The summed E-state index contributed by atoms with van der Waals surface area (Å²) in [5.74, 6) is 1.60. The van der Waals surface area contributed by atoms with Gasteiger partial charge in [0, 0.05) is 7.11 Å². The van der Waals surface area contributed by atoms with E-state index >= 15 is 0 Å². The summed E-state index contributed by atoms with van der Waals surface area (Å²) in [4.78, 5) is 0. The van der Waals surface area contributed by atoms with E-state index in [1.807, 2.05) is 30.3 Å². The minimum atomic E-state index is -3.22. The fourth-order valence-corrected chi connectivity index (χ4v) is 4.79. The Kier molecular flexibility index (Phi) is 5.65. The molecule has 1 aliphatic rings. The van der Waals surface area contributed by atoms with Gasteiger partial charge in [-0.1, -0.05) is 45.4 Å². The number of benzene rings is 1. The maximum Gasteiger partial charge on any atom is 0.361 e. The molecule has 1 saturated carbocycles. The molecule has 118 valence electrons. The smallest absolute Gasteiger partial charge is 0.309 e. The highest BCUT2D eigenvalue weighted by Gasteiger charge is 2.38. The van der Waals surface area contributed by atoms with E-state index in [4.69, 9.17) is 9.05 Å². The Morgan fingerprint density at radius 1 is 1.19 bits per heavy atom. The predicted octanol–water partition coefficient (Wildman–Crippen LogP) is 4.63. The van der Waals surface area contributed by atoms with Crippen LogP contribution in [0.15, 0.2) is 30.3 Å². The third-order valence-electron chi connectivity index (χ3n) is 4.55. The molecule has 2 rings (SSSR count). The van der Waals surface area contributed by atoms with Gasteiger partial charge in [0.2, 0.25) is 0 Å². The van der Waals surface area contributed by atoms with E-state index in [1.165, 1.54) is 13.5 Å². The van der Waals surface area contributed by atoms with Gasteiger partial charge in [-0.2, -0.15) is 0 Å². The van der Waals surface area contributed by atoms with Crippen LogP contribution >= 0.6 is 7.60 Å². The van der Waals surface area contributed by atoms with Crippen molar-refractivity contribution in [3.8, 4) is 0 Å². The lowest BCUT2D eigenvalue weighted by atomic mass is 9.75. The van der Waals surface area contributed by atoms with Crippen LogP contribution in [0.25, 0.3) is 0 Å². The molecule has 1 aromatic rings. The third-order valence-corrected chi connectivity index (χ3v) is 6.51. The predicted molar refractivity (Wildman–Crippen MR) is 86.9 cm³/mol. The van der Waals surface area contributed by atoms with Crippen molar-refractivity contribution in [1.82, 2.24) is 0 Å². The number of rotatable bonds is 5. The standard InChI is InChI=1S/C17H27O3P/c1-13(2)16-11-10-14(3)12-17(16)20-21(18,19-4)15-8-6-5-7-9-15/h5-9,13-14,16-17H,10-12H2,1-4H3/t14-,16+,17-,21+/m1/s1. The van der Waals surface area contributed by atoms with E-state index in [-0.39, 0.29) is 6.10 Å². The summed E-state index contributed by atoms with van der Waals surface area (Å²) in [6.07, 6.45) is 3.34. The van der Waals surface area contributed by atoms with Crippen LogP contribution in [0, 0.1) is 17.8 Å². The lowest BCUT2D eigenvalue weighted by Gasteiger charge is -2.38. The summed E-state index contributed by atoms with van der Waals surface area (Å²) in [7, 11) is -1.75. The Balaban J connectivity index is 2.21. The summed E-state index contributed by atoms with van der Waals surface area (Å²) in [5.41, 5.74) is 0. The molecule has 1 fully saturated rings. The van der Waals surface area contributed by atoms with Crippen molar-refractivity contribution in [3.63, 3.8) is 0 Å². The first-order valence-electron chi connectivity index (χ1n) is 7.86. The first kappa shape index (κ1) is 16.7. The van der Waals surface area contributed by atoms with Crippen molar-refractivity contribution in [1.29, 1.82) is 0 Å². The molecule has 0 saturated heterocycles. The zero-order chi connectivity index (χ0) is 15.5. The molecule has 0 amide bonds. The van der Waals surface area contributed by atoms with Gasteiger partial charge in [0.05, 0.1) is 11.4 Å². The molecule has 21 heavy (non-hydrogen) atoms. The molecular weight excluding hydrogens is 283 g/mol. The van der Waals surface area contributed by atoms with Crippen LogP contribution in [0.5, 0.6) is 0 Å². The minimum absolute atomic E-state index is 0.0136. The maximum atomic E-state index is 13.1. The van der Waals surface area contributed by atoms with Gasteiger partial charge in [0.15, 0.2) is 0 Å². The van der Waals surface area contributed by atoms with Crippen molar-refractivity contribution in [3.05, 3.63) is 30.3 Å². The third kappa shape index (κ3) is 3.97. The molecule has 0 heterocycles. The fourth-order valence-electron chi connectivity index (χ4n) is 3.23. The SMILES string of the molecule is CO[P@](=O)(O[C@@H]1C[C@H](C)CC[C@H]1C(C)C)c1ccccc1. The van der Waals surface area contributed by atoms with Crippen LogP contribution < -0.4 is 5.30 Å². The molecule has 0 aromatic heterocycles. The van der Waals surface area contributed by atoms with Crippen molar-refractivity contribution in [2.75, 3.05) is 7.11 Å². The van der Waals surface area contributed by atoms with Crippen molar-refractivity contribution in [2.45, 2.75) is 46.1 Å². The molecule has 0 unspecified atom stereocenters. The Bertz CT molecular complexity index is 486. The highest BCUT2D eigenvalue weighted by molar-refractivity contribution is 7.62. The molecule has 0 radical (unpaired) electrons. The van der Waals surface area contributed by atoms with E-state index in [9.17, 15) is 4.57 Å². The van der Waals surface area contributed by atoms with Gasteiger partial charge in [-0.05, 0) is 42.7 Å². The second-order valence-corrected chi connectivity index (χ2v) is 8.57. The quantitative estimate of drug-likeness (QED) is 0.744. The summed E-state index contributed by atoms with van der Waals surface area (Å²) in [5, 5.41) is 0.647. The average molecular weight is 310 g/mol. The van der Waals surface area contributed by atoms with Crippen molar-refractivity contribution in [2.24, 2.45) is 17.8 Å². The largest absolute Gasteiger partial charge is 0.361 e. The van der Waals surface area contributed by atoms with E-state index in [2.05, 4.69) is 20.8 Å². The highest BCUT2D eigenvalue weighted by Crippen LogP contribution is 2.51. The molecule has 4 atom stereocenters. The van der Waals surface area contributed by atoms with Crippen LogP contribution in [0.3, 0.4) is 0 Å². The molecule has 0 spiro atoms. The Morgan fingerprint density at radius 2 is 1.86 bits per heavy atom. The van der Waals surface area contributed by atoms with Crippen LogP contribution in [-0.2, 0) is 13.6 Å². The molecule has 0 N–H and O–H groups in total. The van der Waals surface area contributed by atoms with E-state index in [0.29, 0.717) is 23.1 Å². The summed E-state index contributed by atoms with van der Waals surface area (Å²) in [6, 6.07) is 9.28. The molecule has 0 bridgehead atoms. The van der Waals surface area contributed by atoms with Crippen LogP contribution in [0.2, 0.25) is 0 Å². The second-order valence-electron chi connectivity index (χ2n) is 6.49. The lowest BCUT2D eigenvalue weighted by Crippen LogP contribution is -2.34. The van der Waals surface area contributed by atoms with Gasteiger partial charge in [-0.25, -0.2) is 0 Å². The number of hydrogen-bond acceptors (Lipinski definition) is 3. The summed E-state index contributed by atoms with van der Waals surface area (Å²) < 4.78 is 24.5. The fraction of sp³-hybridized carbons (Fsp3) is 0.647. The monoisotopic (exact) mass is 310 g/mol. The van der Waals surface area contributed by atoms with Gasteiger partial charge >= 0.3 is 7.60 Å². The van der Waals surface area contributed by atoms with E-state index in [0.717, 1.165) is 12.8 Å². The van der Waals surface area contributed by atoms with Crippen LogP contribution in [-0.4, -0.2) is 13.2 Å². The zero-order valence-electron chi connectivity index (χ0n) is 13.5. The van der Waals surface area contributed by atoms with Gasteiger partial charge in [0.25, 0.3) is 0 Å². The van der Waals surface area contributed by atoms with Gasteiger partial charge in [-0.15, -0.1) is 0 Å². The van der Waals surface area contributed by atoms with E-state index < -0.39 is 7.60 Å². The maximum absolute atomic E-state index is 13.1. The molecule has 4 heteroatoms. The van der Waals surface area contributed by atoms with Crippen LogP contribution in [0.4, 0.5) is 0 Å². The molecule has 3 nitrogen and oxygen atoms in total. The molecule has 0 aliphatic heterocycles. The lowest BCUT2D eigenvalue weighted by molar-refractivity contribution is 0.0372. The first-order chi connectivity index (χ1) is 9.96. The minimum Gasteiger partial charge on any atom is -0.309 e. The Hall–Kier alpha value is -0.630. The topological polar surface area (TPSA) is 35.5 Å². The first-order valence-corrected chi connectivity index (χ1v) is 9.40. The highest BCUT2D eigenvalue weighted by atomic mass is 31.2. The van der Waals surface area contributed by atoms with Gasteiger partial charge in [-0.3, -0.25) is 4.57 Å². The molecule has 1 aliphatic carbocycles. The molecule has 1 aromatic carbocycles. The average Bonchev–Trinajstić information content (AvgIpc) is 2.47. The number of hydrogen-bond donors (Lipinski definition) is 0. The zero-order valence-corrected chi connectivity index (χ0v) is 14.4. The summed E-state index contributed by atoms with van der Waals surface area (Å²) >= 11 is 0. The summed E-state index contributed by atoms with van der Waals surface area (Å²) in [6.45, 7) is 6.68. The van der Waals surface area contributed by atoms with E-state index in [1.54, 1.807) is 0 Å². The van der Waals surface area contributed by atoms with Crippen molar-refractivity contribution >= 4 is 12.9 Å². The van der Waals surface area contributed by atoms with Crippen molar-refractivity contribution < 1.29 is 13.6 Å².